The highest BCUT2D eigenvalue weighted by Crippen LogP contribution is 2.33. The molecule has 0 bridgehead atoms. The van der Waals surface area contributed by atoms with Gasteiger partial charge in [-0.15, -0.1) is 11.8 Å². The molecule has 28 heavy (non-hydrogen) atoms. The van der Waals surface area contributed by atoms with Gasteiger partial charge in [0.1, 0.15) is 28.5 Å². The first-order valence-electron chi connectivity index (χ1n) is 8.06. The molecule has 0 saturated heterocycles. The molecule has 0 saturated carbocycles. The SMILES string of the molecule is CCOC(=O)C/N=C(\SC)C(=S)c1ccc(OC)c2nc(C(F)(F)F)ccc12. The van der Waals surface area contributed by atoms with Crippen molar-refractivity contribution in [2.24, 2.45) is 4.99 Å². The van der Waals surface area contributed by atoms with E-state index in [9.17, 15) is 18.0 Å². The Balaban J connectivity index is 2.52. The van der Waals surface area contributed by atoms with Gasteiger partial charge in [-0.1, -0.05) is 12.2 Å². The van der Waals surface area contributed by atoms with E-state index in [1.807, 2.05) is 0 Å². The van der Waals surface area contributed by atoms with Crippen molar-refractivity contribution >= 4 is 50.8 Å². The molecule has 10 heteroatoms. The van der Waals surface area contributed by atoms with E-state index >= 15 is 0 Å². The van der Waals surface area contributed by atoms with Crippen molar-refractivity contribution in [3.63, 3.8) is 0 Å². The average Bonchev–Trinajstić information content (AvgIpc) is 2.66. The Bertz CT molecular complexity index is 930. The number of carbonyl (C=O) groups is 1. The van der Waals surface area contributed by atoms with Gasteiger partial charge in [0, 0.05) is 10.9 Å². The van der Waals surface area contributed by atoms with E-state index in [1.165, 1.54) is 31.0 Å². The van der Waals surface area contributed by atoms with Gasteiger partial charge in [0.25, 0.3) is 0 Å². The van der Waals surface area contributed by atoms with Crippen molar-refractivity contribution in [1.29, 1.82) is 0 Å². The highest BCUT2D eigenvalue weighted by atomic mass is 32.2. The van der Waals surface area contributed by atoms with Gasteiger partial charge in [0.2, 0.25) is 0 Å². The number of hydrogen-bond donors (Lipinski definition) is 0. The maximum Gasteiger partial charge on any atom is 0.433 e. The van der Waals surface area contributed by atoms with Crippen LogP contribution in [-0.4, -0.2) is 47.4 Å². The van der Waals surface area contributed by atoms with Crippen LogP contribution in [0.15, 0.2) is 29.3 Å². The number of aliphatic imine (C=N–C) groups is 1. The Morgan fingerprint density at radius 1 is 1.29 bits per heavy atom. The van der Waals surface area contributed by atoms with Gasteiger partial charge in [0.05, 0.1) is 18.6 Å². The van der Waals surface area contributed by atoms with E-state index in [2.05, 4.69) is 9.98 Å². The quantitative estimate of drug-likeness (QED) is 0.224. The molecule has 0 aliphatic carbocycles. The summed E-state index contributed by atoms with van der Waals surface area (Å²) in [7, 11) is 1.35. The van der Waals surface area contributed by atoms with Crippen LogP contribution in [0.2, 0.25) is 0 Å². The van der Waals surface area contributed by atoms with Crippen molar-refractivity contribution in [2.45, 2.75) is 13.1 Å². The number of aromatic nitrogens is 1. The van der Waals surface area contributed by atoms with E-state index in [0.29, 0.717) is 20.9 Å². The van der Waals surface area contributed by atoms with E-state index in [4.69, 9.17) is 21.7 Å². The van der Waals surface area contributed by atoms with Crippen LogP contribution in [0.5, 0.6) is 5.75 Å². The molecular weight excluding hydrogens is 413 g/mol. The standard InChI is InChI=1S/C18H17F3N2O3S2/c1-4-26-14(24)9-22-17(28-3)16(27)11-5-7-12(25-2)15-10(11)6-8-13(23-15)18(19,20)21/h5-8H,4,9H2,1-3H3/b22-17-. The summed E-state index contributed by atoms with van der Waals surface area (Å²) >= 11 is 6.70. The lowest BCUT2D eigenvalue weighted by Crippen LogP contribution is -2.15. The van der Waals surface area contributed by atoms with Crippen molar-refractivity contribution in [1.82, 2.24) is 4.98 Å². The summed E-state index contributed by atoms with van der Waals surface area (Å²) in [4.78, 5) is 19.7. The topological polar surface area (TPSA) is 60.8 Å². The summed E-state index contributed by atoms with van der Waals surface area (Å²) in [5.74, 6) is -0.297. The predicted molar refractivity (Wildman–Crippen MR) is 107 cm³/mol. The number of fused-ring (bicyclic) bond motifs is 1. The summed E-state index contributed by atoms with van der Waals surface area (Å²) in [6.45, 7) is 1.73. The number of benzene rings is 1. The smallest absolute Gasteiger partial charge is 0.433 e. The largest absolute Gasteiger partial charge is 0.494 e. The maximum absolute atomic E-state index is 13.0. The summed E-state index contributed by atoms with van der Waals surface area (Å²) in [5.41, 5.74) is -0.505. The average molecular weight is 430 g/mol. The number of hydrogen-bond acceptors (Lipinski definition) is 7. The number of thioether (sulfide) groups is 1. The third-order valence-corrected chi connectivity index (χ3v) is 4.88. The molecule has 1 heterocycles. The minimum absolute atomic E-state index is 0.0445. The Kier molecular flexibility index (Phi) is 7.36. The van der Waals surface area contributed by atoms with E-state index < -0.39 is 17.8 Å². The number of thiocarbonyl (C=S) groups is 1. The summed E-state index contributed by atoms with van der Waals surface area (Å²) in [6, 6.07) is 5.33. The minimum atomic E-state index is -4.58. The Morgan fingerprint density at radius 3 is 2.57 bits per heavy atom. The first kappa shape index (κ1) is 22.1. The molecular formula is C18H17F3N2O3S2. The zero-order valence-corrected chi connectivity index (χ0v) is 16.9. The van der Waals surface area contributed by atoms with Crippen molar-refractivity contribution in [2.75, 3.05) is 26.5 Å². The Labute approximate surface area is 169 Å². The molecule has 0 N–H and O–H groups in total. The first-order chi connectivity index (χ1) is 13.2. The van der Waals surface area contributed by atoms with E-state index in [1.54, 1.807) is 19.2 Å². The molecule has 0 atom stereocenters. The molecule has 2 rings (SSSR count). The number of esters is 1. The molecule has 1 aromatic heterocycles. The third-order valence-electron chi connectivity index (χ3n) is 3.62. The van der Waals surface area contributed by atoms with Crippen LogP contribution in [0.25, 0.3) is 10.9 Å². The Morgan fingerprint density at radius 2 is 2.00 bits per heavy atom. The normalized spacial score (nSPS) is 12.1. The second-order valence-electron chi connectivity index (χ2n) is 5.37. The fraction of sp³-hybridized carbons (Fsp3) is 0.333. The number of carbonyl (C=O) groups excluding carboxylic acids is 1. The van der Waals surface area contributed by atoms with Crippen LogP contribution in [0.3, 0.4) is 0 Å². The van der Waals surface area contributed by atoms with Gasteiger partial charge in [-0.3, -0.25) is 9.79 Å². The molecule has 0 spiro atoms. The number of nitrogens with zero attached hydrogens (tertiary/aromatic N) is 2. The van der Waals surface area contributed by atoms with E-state index in [-0.39, 0.29) is 24.4 Å². The second-order valence-corrected chi connectivity index (χ2v) is 6.57. The second kappa shape index (κ2) is 9.33. The third kappa shape index (κ3) is 4.99. The summed E-state index contributed by atoms with van der Waals surface area (Å²) in [6.07, 6.45) is -2.84. The van der Waals surface area contributed by atoms with Crippen LogP contribution in [0, 0.1) is 0 Å². The summed E-state index contributed by atoms with van der Waals surface area (Å²) in [5, 5.41) is 0.796. The Hall–Kier alpha value is -2.20. The molecule has 0 radical (unpaired) electrons. The molecule has 2 aromatic rings. The summed E-state index contributed by atoms with van der Waals surface area (Å²) < 4.78 is 49.1. The lowest BCUT2D eigenvalue weighted by molar-refractivity contribution is -0.142. The molecule has 0 amide bonds. The van der Waals surface area contributed by atoms with Crippen molar-refractivity contribution < 1.29 is 27.4 Å². The molecule has 150 valence electrons. The fourth-order valence-electron chi connectivity index (χ4n) is 2.40. The number of halogens is 3. The molecule has 5 nitrogen and oxygen atoms in total. The number of pyridine rings is 1. The zero-order valence-electron chi connectivity index (χ0n) is 15.3. The van der Waals surface area contributed by atoms with Crippen molar-refractivity contribution in [3.8, 4) is 5.75 Å². The van der Waals surface area contributed by atoms with E-state index in [0.717, 1.165) is 6.07 Å². The molecule has 0 unspecified atom stereocenters. The minimum Gasteiger partial charge on any atom is -0.494 e. The predicted octanol–water partition coefficient (Wildman–Crippen LogP) is 4.30. The van der Waals surface area contributed by atoms with Crippen LogP contribution in [0.1, 0.15) is 18.2 Å². The van der Waals surface area contributed by atoms with Gasteiger partial charge in [-0.2, -0.15) is 13.2 Å². The molecule has 0 aliphatic heterocycles. The van der Waals surface area contributed by atoms with Gasteiger partial charge in [0.15, 0.2) is 0 Å². The molecule has 0 fully saturated rings. The van der Waals surface area contributed by atoms with Crippen molar-refractivity contribution in [3.05, 3.63) is 35.5 Å². The number of alkyl halides is 3. The molecule has 1 aromatic carbocycles. The van der Waals surface area contributed by atoms with Crippen LogP contribution in [-0.2, 0) is 15.7 Å². The van der Waals surface area contributed by atoms with Gasteiger partial charge < -0.3 is 9.47 Å². The highest BCUT2D eigenvalue weighted by Gasteiger charge is 2.33. The van der Waals surface area contributed by atoms with Gasteiger partial charge in [-0.05, 0) is 37.4 Å². The van der Waals surface area contributed by atoms with Crippen LogP contribution >= 0.6 is 24.0 Å². The van der Waals surface area contributed by atoms with Gasteiger partial charge >= 0.3 is 12.1 Å². The highest BCUT2D eigenvalue weighted by molar-refractivity contribution is 8.17. The lowest BCUT2D eigenvalue weighted by atomic mass is 10.0. The fourth-order valence-corrected chi connectivity index (χ4v) is 3.38. The first-order valence-corrected chi connectivity index (χ1v) is 9.69. The number of rotatable bonds is 6. The number of methoxy groups -OCH3 is 1. The maximum atomic E-state index is 13.0. The van der Waals surface area contributed by atoms with Crippen LogP contribution in [0.4, 0.5) is 13.2 Å². The van der Waals surface area contributed by atoms with Gasteiger partial charge in [-0.25, -0.2) is 4.98 Å². The lowest BCUT2D eigenvalue weighted by Gasteiger charge is -2.13. The number of ether oxygens (including phenoxy) is 2. The van der Waals surface area contributed by atoms with Crippen LogP contribution < -0.4 is 4.74 Å². The monoisotopic (exact) mass is 430 g/mol. The molecule has 0 aliphatic rings. The zero-order chi connectivity index (χ0) is 20.9.